The summed E-state index contributed by atoms with van der Waals surface area (Å²) in [5.41, 5.74) is 3.98. The van der Waals surface area contributed by atoms with E-state index >= 15 is 0 Å². The summed E-state index contributed by atoms with van der Waals surface area (Å²) >= 11 is 0. The van der Waals surface area contributed by atoms with Gasteiger partial charge in [-0.25, -0.2) is 0 Å². The Morgan fingerprint density at radius 1 is 0.486 bits per heavy atom. The lowest BCUT2D eigenvalue weighted by Gasteiger charge is -2.15. The lowest BCUT2D eigenvalue weighted by atomic mass is 9.99. The van der Waals surface area contributed by atoms with Gasteiger partial charge in [0, 0.05) is 6.42 Å². The monoisotopic (exact) mass is 484 g/mol. The molecule has 0 atom stereocenters. The van der Waals surface area contributed by atoms with Crippen molar-refractivity contribution < 1.29 is 19.7 Å². The maximum absolute atomic E-state index is 10.7. The summed E-state index contributed by atoms with van der Waals surface area (Å²) in [7, 11) is 0. The lowest BCUT2D eigenvalue weighted by Crippen LogP contribution is -2.06. The second-order valence-corrected chi connectivity index (χ2v) is 9.64. The van der Waals surface area contributed by atoms with Crippen molar-refractivity contribution in [2.75, 3.05) is 13.2 Å². The maximum Gasteiger partial charge on any atom is 0.122 e. The van der Waals surface area contributed by atoms with Gasteiger partial charge in [-0.15, -0.1) is 0 Å². The molecule has 2 aromatic carbocycles. The second kappa shape index (κ2) is 16.3. The van der Waals surface area contributed by atoms with E-state index in [1.165, 1.54) is 0 Å². The van der Waals surface area contributed by atoms with Crippen LogP contribution in [-0.2, 0) is 25.7 Å². The average molecular weight is 485 g/mol. The van der Waals surface area contributed by atoms with E-state index < -0.39 is 0 Å². The molecule has 0 unspecified atom stereocenters. The normalized spacial score (nSPS) is 11.1. The number of hydrogen-bond donors (Lipinski definition) is 2. The number of rotatable bonds is 18. The third kappa shape index (κ3) is 9.66. The predicted molar refractivity (Wildman–Crippen MR) is 146 cm³/mol. The molecular formula is C31H48O4. The molecule has 4 nitrogen and oxygen atoms in total. The molecule has 4 heteroatoms. The zero-order valence-electron chi connectivity index (χ0n) is 22.6. The first-order valence-corrected chi connectivity index (χ1v) is 14.0. The quantitative estimate of drug-likeness (QED) is 0.209. The second-order valence-electron chi connectivity index (χ2n) is 9.64. The van der Waals surface area contributed by atoms with Gasteiger partial charge in [0.15, 0.2) is 0 Å². The van der Waals surface area contributed by atoms with Crippen LogP contribution in [0.15, 0.2) is 24.3 Å². The molecule has 0 aliphatic rings. The van der Waals surface area contributed by atoms with Crippen molar-refractivity contribution in [3.8, 4) is 23.0 Å². The highest BCUT2D eigenvalue weighted by Gasteiger charge is 2.12. The molecule has 2 aromatic rings. The van der Waals surface area contributed by atoms with Crippen LogP contribution in [0, 0.1) is 0 Å². The van der Waals surface area contributed by atoms with Crippen LogP contribution in [0.25, 0.3) is 0 Å². The number of unbranched alkanes of at least 4 members (excludes halogenated alkanes) is 4. The zero-order valence-corrected chi connectivity index (χ0v) is 22.6. The van der Waals surface area contributed by atoms with E-state index in [-0.39, 0.29) is 0 Å². The van der Waals surface area contributed by atoms with Crippen LogP contribution in [0.1, 0.15) is 108 Å². The molecule has 2 rings (SSSR count). The van der Waals surface area contributed by atoms with Gasteiger partial charge >= 0.3 is 0 Å². The fraction of sp³-hybridized carbons (Fsp3) is 0.613. The number of phenolic OH excluding ortho intramolecular Hbond substituents is 2. The van der Waals surface area contributed by atoms with Crippen molar-refractivity contribution in [2.24, 2.45) is 0 Å². The molecule has 0 bridgehead atoms. The van der Waals surface area contributed by atoms with Gasteiger partial charge < -0.3 is 19.7 Å². The fourth-order valence-electron chi connectivity index (χ4n) is 4.29. The molecule has 0 radical (unpaired) electrons. The smallest absolute Gasteiger partial charge is 0.122 e. The Morgan fingerprint density at radius 2 is 0.771 bits per heavy atom. The number of ether oxygens (including phenoxy) is 2. The van der Waals surface area contributed by atoms with Crippen LogP contribution in [0.2, 0.25) is 0 Å². The summed E-state index contributed by atoms with van der Waals surface area (Å²) in [5.74, 6) is 2.59. The average Bonchev–Trinajstić information content (AvgIpc) is 2.86. The number of aryl methyl sites for hydroxylation is 4. The third-order valence-electron chi connectivity index (χ3n) is 6.51. The van der Waals surface area contributed by atoms with E-state index in [1.807, 2.05) is 24.3 Å². The van der Waals surface area contributed by atoms with E-state index in [9.17, 15) is 10.2 Å². The molecule has 0 amide bonds. The Balaban J connectivity index is 1.97. The van der Waals surface area contributed by atoms with E-state index in [4.69, 9.17) is 9.47 Å². The molecule has 0 saturated carbocycles. The van der Waals surface area contributed by atoms with Gasteiger partial charge in [0.05, 0.1) is 13.2 Å². The van der Waals surface area contributed by atoms with Gasteiger partial charge in [-0.3, -0.25) is 0 Å². The molecule has 0 saturated heterocycles. The third-order valence-corrected chi connectivity index (χ3v) is 6.51. The van der Waals surface area contributed by atoms with Crippen molar-refractivity contribution in [2.45, 2.75) is 111 Å². The van der Waals surface area contributed by atoms with Crippen LogP contribution >= 0.6 is 0 Å². The Bertz CT molecular complexity index is 745. The molecule has 35 heavy (non-hydrogen) atoms. The summed E-state index contributed by atoms with van der Waals surface area (Å²) in [6.45, 7) is 9.81. The van der Waals surface area contributed by atoms with Gasteiger partial charge in [-0.2, -0.15) is 0 Å². The molecule has 0 aliphatic carbocycles. The number of aromatic hydroxyl groups is 2. The first-order chi connectivity index (χ1) is 17.0. The summed E-state index contributed by atoms with van der Waals surface area (Å²) in [4.78, 5) is 0. The number of hydrogen-bond acceptors (Lipinski definition) is 4. The van der Waals surface area contributed by atoms with Crippen molar-refractivity contribution >= 4 is 0 Å². The molecule has 0 aromatic heterocycles. The highest BCUT2D eigenvalue weighted by Crippen LogP contribution is 2.32. The lowest BCUT2D eigenvalue weighted by molar-refractivity contribution is 0.246. The Kier molecular flexibility index (Phi) is 13.5. The largest absolute Gasteiger partial charge is 0.507 e. The zero-order chi connectivity index (χ0) is 25.5. The fourth-order valence-corrected chi connectivity index (χ4v) is 4.29. The van der Waals surface area contributed by atoms with E-state index in [2.05, 4.69) is 27.7 Å². The topological polar surface area (TPSA) is 58.9 Å². The van der Waals surface area contributed by atoms with Crippen LogP contribution < -0.4 is 9.47 Å². The minimum absolute atomic E-state index is 0.452. The summed E-state index contributed by atoms with van der Waals surface area (Å²) in [6.07, 6.45) is 12.9. The maximum atomic E-state index is 10.7. The van der Waals surface area contributed by atoms with Crippen LogP contribution in [0.5, 0.6) is 23.0 Å². The molecular weight excluding hydrogens is 436 g/mol. The van der Waals surface area contributed by atoms with Crippen molar-refractivity contribution in [1.82, 2.24) is 0 Å². The SMILES string of the molecule is CCCCc1cc(OCCCOc2cc(CCCC)c(O)c(CCCC)c2)cc(CCCC)c1O. The Morgan fingerprint density at radius 3 is 1.03 bits per heavy atom. The molecule has 0 spiro atoms. The highest BCUT2D eigenvalue weighted by atomic mass is 16.5. The number of benzene rings is 2. The van der Waals surface area contributed by atoms with Crippen LogP contribution in [-0.4, -0.2) is 23.4 Å². The van der Waals surface area contributed by atoms with Crippen LogP contribution in [0.4, 0.5) is 0 Å². The summed E-state index contributed by atoms with van der Waals surface area (Å²) < 4.78 is 12.2. The Hall–Kier alpha value is -2.36. The van der Waals surface area contributed by atoms with Gasteiger partial charge in [-0.05, 0) is 97.9 Å². The highest BCUT2D eigenvalue weighted by molar-refractivity contribution is 5.47. The predicted octanol–water partition coefficient (Wildman–Crippen LogP) is 8.32. The minimum Gasteiger partial charge on any atom is -0.507 e. The van der Waals surface area contributed by atoms with Crippen molar-refractivity contribution in [1.29, 1.82) is 0 Å². The van der Waals surface area contributed by atoms with Crippen LogP contribution in [0.3, 0.4) is 0 Å². The first kappa shape index (κ1) is 28.9. The van der Waals surface area contributed by atoms with Crippen molar-refractivity contribution in [3.63, 3.8) is 0 Å². The van der Waals surface area contributed by atoms with Gasteiger partial charge in [-0.1, -0.05) is 53.4 Å². The van der Waals surface area contributed by atoms with E-state index in [0.717, 1.165) is 117 Å². The van der Waals surface area contributed by atoms with E-state index in [0.29, 0.717) is 24.7 Å². The minimum atomic E-state index is 0.452. The molecule has 196 valence electrons. The molecule has 0 heterocycles. The summed E-state index contributed by atoms with van der Waals surface area (Å²) in [6, 6.07) is 8.01. The molecule has 0 fully saturated rings. The summed E-state index contributed by atoms with van der Waals surface area (Å²) in [5, 5.41) is 21.4. The van der Waals surface area contributed by atoms with Crippen molar-refractivity contribution in [3.05, 3.63) is 46.5 Å². The van der Waals surface area contributed by atoms with E-state index in [1.54, 1.807) is 0 Å². The van der Waals surface area contributed by atoms with Gasteiger partial charge in [0.1, 0.15) is 23.0 Å². The standard InChI is InChI=1S/C31H48O4/c1-5-9-14-24-20-28(21-25(30(24)32)15-10-6-2)34-18-13-19-35-29-22-26(16-11-7-3)31(33)27(23-29)17-12-8-4/h20-23,32-33H,5-19H2,1-4H3. The van der Waals surface area contributed by atoms with Gasteiger partial charge in [0.2, 0.25) is 0 Å². The molecule has 2 N–H and O–H groups in total. The Labute approximate surface area is 213 Å². The first-order valence-electron chi connectivity index (χ1n) is 14.0. The van der Waals surface area contributed by atoms with Gasteiger partial charge in [0.25, 0.3) is 0 Å². The molecule has 0 aliphatic heterocycles. The number of phenols is 2.